The van der Waals surface area contributed by atoms with Crippen molar-refractivity contribution in [2.75, 3.05) is 45.8 Å². The summed E-state index contributed by atoms with van der Waals surface area (Å²) in [5.41, 5.74) is 0.971. The van der Waals surface area contributed by atoms with Gasteiger partial charge in [0.1, 0.15) is 0 Å². The molecule has 0 bridgehead atoms. The average Bonchev–Trinajstić information content (AvgIpc) is 2.64. The third kappa shape index (κ3) is 5.03. The molecule has 25 heavy (non-hydrogen) atoms. The van der Waals surface area contributed by atoms with Crippen LogP contribution in [0, 0.1) is 0 Å². The summed E-state index contributed by atoms with van der Waals surface area (Å²) in [5.74, 6) is 0.282. The second-order valence-electron chi connectivity index (χ2n) is 7.44. The van der Waals surface area contributed by atoms with E-state index in [-0.39, 0.29) is 5.91 Å². The van der Waals surface area contributed by atoms with E-state index in [1.165, 1.54) is 6.42 Å². The molecule has 0 unspecified atom stereocenters. The molecule has 2 fully saturated rings. The van der Waals surface area contributed by atoms with Gasteiger partial charge in [-0.3, -0.25) is 14.6 Å². The number of nitrogens with zero attached hydrogens (tertiary/aromatic N) is 3. The molecule has 0 aliphatic carbocycles. The molecular formula is C20H31N3O2. The first kappa shape index (κ1) is 18.4. The van der Waals surface area contributed by atoms with Gasteiger partial charge in [0.15, 0.2) is 0 Å². The molecule has 2 saturated heterocycles. The summed E-state index contributed by atoms with van der Waals surface area (Å²) >= 11 is 0. The van der Waals surface area contributed by atoms with Gasteiger partial charge in [-0.2, -0.15) is 0 Å². The van der Waals surface area contributed by atoms with Gasteiger partial charge in [-0.15, -0.1) is 0 Å². The number of piperazine rings is 1. The minimum atomic E-state index is -0.441. The Kier molecular flexibility index (Phi) is 6.45. The molecule has 5 nitrogen and oxygen atoms in total. The number of hydrogen-bond acceptors (Lipinski definition) is 4. The standard InChI is InChI=1S/C20H31N3O2/c1-17-7-5-6-10-23(17)20(25)16-22-13-11-21(12-14-22)15-19(24)18-8-3-2-4-9-18/h2-4,8-9,17,19,24H,5-7,10-16H2,1H3/t17-,19-/m1/s1. The third-order valence-electron chi connectivity index (χ3n) is 5.56. The fourth-order valence-corrected chi connectivity index (χ4v) is 3.91. The molecule has 2 aliphatic rings. The van der Waals surface area contributed by atoms with Crippen LogP contribution >= 0.6 is 0 Å². The fourth-order valence-electron chi connectivity index (χ4n) is 3.91. The number of likely N-dealkylation sites (tertiary alicyclic amines) is 1. The van der Waals surface area contributed by atoms with Crippen LogP contribution in [0.4, 0.5) is 0 Å². The molecule has 3 rings (SSSR count). The first-order chi connectivity index (χ1) is 12.1. The average molecular weight is 345 g/mol. The van der Waals surface area contributed by atoms with Gasteiger partial charge in [-0.1, -0.05) is 30.3 Å². The Morgan fingerprint density at radius 2 is 1.76 bits per heavy atom. The van der Waals surface area contributed by atoms with E-state index in [0.29, 0.717) is 19.1 Å². The van der Waals surface area contributed by atoms with E-state index in [9.17, 15) is 9.90 Å². The van der Waals surface area contributed by atoms with Crippen molar-refractivity contribution in [3.63, 3.8) is 0 Å². The quantitative estimate of drug-likeness (QED) is 0.883. The zero-order valence-electron chi connectivity index (χ0n) is 15.3. The number of carbonyl (C=O) groups is 1. The highest BCUT2D eigenvalue weighted by atomic mass is 16.3. The molecule has 1 aromatic rings. The second-order valence-corrected chi connectivity index (χ2v) is 7.44. The molecule has 2 aliphatic heterocycles. The Hall–Kier alpha value is -1.43. The maximum absolute atomic E-state index is 12.6. The maximum Gasteiger partial charge on any atom is 0.236 e. The molecule has 2 heterocycles. The van der Waals surface area contributed by atoms with Crippen LogP contribution in [-0.4, -0.2) is 77.6 Å². The Bertz CT molecular complexity index is 543. The van der Waals surface area contributed by atoms with E-state index in [1.807, 2.05) is 30.3 Å². The lowest BCUT2D eigenvalue weighted by molar-refractivity contribution is -0.136. The van der Waals surface area contributed by atoms with E-state index in [4.69, 9.17) is 0 Å². The number of rotatable bonds is 5. The summed E-state index contributed by atoms with van der Waals surface area (Å²) in [5, 5.41) is 10.4. The van der Waals surface area contributed by atoms with Gasteiger partial charge in [0.05, 0.1) is 12.6 Å². The normalized spacial score (nSPS) is 24.2. The lowest BCUT2D eigenvalue weighted by Gasteiger charge is -2.38. The van der Waals surface area contributed by atoms with Gasteiger partial charge in [-0.25, -0.2) is 0 Å². The number of carbonyl (C=O) groups excluding carboxylic acids is 1. The zero-order valence-corrected chi connectivity index (χ0v) is 15.3. The third-order valence-corrected chi connectivity index (χ3v) is 5.56. The van der Waals surface area contributed by atoms with Crippen LogP contribution < -0.4 is 0 Å². The summed E-state index contributed by atoms with van der Waals surface area (Å²) < 4.78 is 0. The highest BCUT2D eigenvalue weighted by Crippen LogP contribution is 2.18. The van der Waals surface area contributed by atoms with Gasteiger partial charge < -0.3 is 10.0 Å². The Labute approximate surface area is 151 Å². The number of piperidine rings is 1. The largest absolute Gasteiger partial charge is 0.387 e. The van der Waals surface area contributed by atoms with Crippen molar-refractivity contribution in [2.24, 2.45) is 0 Å². The van der Waals surface area contributed by atoms with Crippen LogP contribution in [0.1, 0.15) is 37.9 Å². The van der Waals surface area contributed by atoms with E-state index in [1.54, 1.807) is 0 Å². The van der Waals surface area contributed by atoms with Gasteiger partial charge in [0.25, 0.3) is 0 Å². The topological polar surface area (TPSA) is 47.0 Å². The van der Waals surface area contributed by atoms with Crippen LogP contribution in [-0.2, 0) is 4.79 Å². The first-order valence-corrected chi connectivity index (χ1v) is 9.60. The van der Waals surface area contributed by atoms with Crippen LogP contribution in [0.3, 0.4) is 0 Å². The Balaban J connectivity index is 1.42. The van der Waals surface area contributed by atoms with Crippen molar-refractivity contribution in [3.8, 4) is 0 Å². The molecule has 1 N–H and O–H groups in total. The second kappa shape index (κ2) is 8.79. The van der Waals surface area contributed by atoms with Gasteiger partial charge in [-0.05, 0) is 31.7 Å². The number of β-amino-alcohol motifs (C(OH)–C–C–N with tert-alkyl or cyclic N) is 1. The summed E-state index contributed by atoms with van der Waals surface area (Å²) in [6.07, 6.45) is 3.08. The van der Waals surface area contributed by atoms with Crippen molar-refractivity contribution >= 4 is 5.91 Å². The fraction of sp³-hybridized carbons (Fsp3) is 0.650. The Morgan fingerprint density at radius 3 is 2.44 bits per heavy atom. The van der Waals surface area contributed by atoms with Crippen LogP contribution in [0.25, 0.3) is 0 Å². The van der Waals surface area contributed by atoms with Crippen molar-refractivity contribution < 1.29 is 9.90 Å². The number of amides is 1. The molecule has 0 radical (unpaired) electrons. The summed E-state index contributed by atoms with van der Waals surface area (Å²) in [6.45, 7) is 7.90. The molecule has 5 heteroatoms. The minimum absolute atomic E-state index is 0.282. The Morgan fingerprint density at radius 1 is 1.08 bits per heavy atom. The maximum atomic E-state index is 12.6. The molecular weight excluding hydrogens is 314 g/mol. The van der Waals surface area contributed by atoms with Gasteiger partial charge in [0, 0.05) is 45.3 Å². The molecule has 2 atom stereocenters. The molecule has 1 amide bonds. The predicted molar refractivity (Wildman–Crippen MR) is 99.3 cm³/mol. The monoisotopic (exact) mass is 345 g/mol. The summed E-state index contributed by atoms with van der Waals surface area (Å²) in [7, 11) is 0. The molecule has 0 saturated carbocycles. The van der Waals surface area contributed by atoms with E-state index in [2.05, 4.69) is 21.6 Å². The lowest BCUT2D eigenvalue weighted by atomic mass is 10.0. The van der Waals surface area contributed by atoms with Crippen LogP contribution in [0.15, 0.2) is 30.3 Å². The smallest absolute Gasteiger partial charge is 0.236 e. The molecule has 1 aromatic carbocycles. The van der Waals surface area contributed by atoms with E-state index < -0.39 is 6.10 Å². The highest BCUT2D eigenvalue weighted by molar-refractivity contribution is 5.78. The van der Waals surface area contributed by atoms with Gasteiger partial charge in [0.2, 0.25) is 5.91 Å². The summed E-state index contributed by atoms with van der Waals surface area (Å²) in [4.78, 5) is 19.2. The number of benzene rings is 1. The van der Waals surface area contributed by atoms with E-state index >= 15 is 0 Å². The van der Waals surface area contributed by atoms with Gasteiger partial charge >= 0.3 is 0 Å². The van der Waals surface area contributed by atoms with Crippen LogP contribution in [0.2, 0.25) is 0 Å². The zero-order chi connectivity index (χ0) is 17.6. The van der Waals surface area contributed by atoms with Crippen molar-refractivity contribution in [2.45, 2.75) is 38.3 Å². The van der Waals surface area contributed by atoms with E-state index in [0.717, 1.165) is 51.1 Å². The first-order valence-electron chi connectivity index (χ1n) is 9.60. The number of aliphatic hydroxyl groups is 1. The lowest BCUT2D eigenvalue weighted by Crippen LogP contribution is -2.52. The van der Waals surface area contributed by atoms with Crippen molar-refractivity contribution in [3.05, 3.63) is 35.9 Å². The number of aliphatic hydroxyl groups excluding tert-OH is 1. The number of hydrogen-bond donors (Lipinski definition) is 1. The molecule has 0 spiro atoms. The SMILES string of the molecule is C[C@@H]1CCCCN1C(=O)CN1CCN(C[C@@H](O)c2ccccc2)CC1. The minimum Gasteiger partial charge on any atom is -0.387 e. The molecule has 138 valence electrons. The summed E-state index contributed by atoms with van der Waals surface area (Å²) in [6, 6.07) is 10.2. The van der Waals surface area contributed by atoms with Crippen molar-refractivity contribution in [1.82, 2.24) is 14.7 Å². The highest BCUT2D eigenvalue weighted by Gasteiger charge is 2.26. The predicted octanol–water partition coefficient (Wildman–Crippen LogP) is 1.74. The van der Waals surface area contributed by atoms with Crippen LogP contribution in [0.5, 0.6) is 0 Å². The van der Waals surface area contributed by atoms with Crippen molar-refractivity contribution in [1.29, 1.82) is 0 Å². The molecule has 0 aromatic heterocycles.